The lowest BCUT2D eigenvalue weighted by Gasteiger charge is -2.06. The van der Waals surface area contributed by atoms with Crippen molar-refractivity contribution in [3.8, 4) is 11.5 Å². The molecule has 130 valence electrons. The maximum absolute atomic E-state index is 11.8. The van der Waals surface area contributed by atoms with Gasteiger partial charge in [0, 0.05) is 16.3 Å². The van der Waals surface area contributed by atoms with Crippen molar-refractivity contribution in [1.29, 1.82) is 0 Å². The maximum atomic E-state index is 11.8. The highest BCUT2D eigenvalue weighted by molar-refractivity contribution is 6.39. The third kappa shape index (κ3) is 4.95. The smallest absolute Gasteiger partial charge is 0.329 e. The summed E-state index contributed by atoms with van der Waals surface area (Å²) in [5, 5.41) is 16.2. The fraction of sp³-hybridized carbons (Fsp3) is 0.118. The molecule has 7 nitrogen and oxygen atoms in total. The Kier molecular flexibility index (Phi) is 5.97. The van der Waals surface area contributed by atoms with Crippen LogP contribution in [0.4, 0.5) is 5.69 Å². The Morgan fingerprint density at radius 3 is 2.64 bits per heavy atom. The first-order valence-electron chi connectivity index (χ1n) is 7.18. The SMILES string of the molecule is COc1ccc(O)c(/C=N/NC(=O)C(=O)Nc2ccc(C)c(Cl)c2)c1. The molecule has 25 heavy (non-hydrogen) atoms. The Hall–Kier alpha value is -3.06. The molecule has 0 spiro atoms. The number of hydrazone groups is 1. The quantitative estimate of drug-likeness (QED) is 0.442. The van der Waals surface area contributed by atoms with Crippen molar-refractivity contribution in [1.82, 2.24) is 5.43 Å². The molecule has 0 unspecified atom stereocenters. The van der Waals surface area contributed by atoms with Crippen LogP contribution >= 0.6 is 11.6 Å². The molecule has 0 bridgehead atoms. The first-order valence-corrected chi connectivity index (χ1v) is 7.56. The number of aromatic hydroxyl groups is 1. The minimum atomic E-state index is -0.963. The number of hydrogen-bond donors (Lipinski definition) is 3. The Morgan fingerprint density at radius 1 is 1.20 bits per heavy atom. The average molecular weight is 362 g/mol. The highest BCUT2D eigenvalue weighted by atomic mass is 35.5. The van der Waals surface area contributed by atoms with Gasteiger partial charge in [0.2, 0.25) is 0 Å². The van der Waals surface area contributed by atoms with E-state index in [2.05, 4.69) is 15.8 Å². The van der Waals surface area contributed by atoms with Crippen molar-refractivity contribution < 1.29 is 19.4 Å². The van der Waals surface area contributed by atoms with Crippen LogP contribution in [0, 0.1) is 6.92 Å². The lowest BCUT2D eigenvalue weighted by molar-refractivity contribution is -0.136. The van der Waals surface area contributed by atoms with E-state index in [0.29, 0.717) is 22.0 Å². The molecule has 0 heterocycles. The van der Waals surface area contributed by atoms with Gasteiger partial charge in [0.15, 0.2) is 0 Å². The van der Waals surface area contributed by atoms with E-state index in [1.54, 1.807) is 24.3 Å². The largest absolute Gasteiger partial charge is 0.507 e. The molecule has 3 N–H and O–H groups in total. The molecule has 0 aliphatic heterocycles. The lowest BCUT2D eigenvalue weighted by atomic mass is 10.2. The van der Waals surface area contributed by atoms with Crippen LogP contribution in [0.5, 0.6) is 11.5 Å². The summed E-state index contributed by atoms with van der Waals surface area (Å²) in [7, 11) is 1.48. The molecule has 0 radical (unpaired) electrons. The van der Waals surface area contributed by atoms with Gasteiger partial charge in [0.1, 0.15) is 11.5 Å². The predicted molar refractivity (Wildman–Crippen MR) is 95.2 cm³/mol. The van der Waals surface area contributed by atoms with Crippen molar-refractivity contribution >= 4 is 35.3 Å². The zero-order valence-corrected chi connectivity index (χ0v) is 14.3. The Bertz CT molecular complexity index is 837. The van der Waals surface area contributed by atoms with Gasteiger partial charge in [-0.15, -0.1) is 0 Å². The van der Waals surface area contributed by atoms with Crippen LogP contribution in [0.3, 0.4) is 0 Å². The van der Waals surface area contributed by atoms with E-state index < -0.39 is 11.8 Å². The van der Waals surface area contributed by atoms with Gasteiger partial charge >= 0.3 is 11.8 Å². The molecule has 0 aromatic heterocycles. The number of rotatable bonds is 4. The minimum Gasteiger partial charge on any atom is -0.507 e. The number of carbonyl (C=O) groups excluding carboxylic acids is 2. The van der Waals surface area contributed by atoms with Crippen molar-refractivity contribution in [2.75, 3.05) is 12.4 Å². The normalized spacial score (nSPS) is 10.5. The Labute approximate surface area is 149 Å². The zero-order valence-electron chi connectivity index (χ0n) is 13.5. The molecule has 0 saturated heterocycles. The van der Waals surface area contributed by atoms with Crippen LogP contribution in [-0.4, -0.2) is 30.2 Å². The summed E-state index contributed by atoms with van der Waals surface area (Å²) in [6.07, 6.45) is 1.20. The van der Waals surface area contributed by atoms with Gasteiger partial charge in [-0.2, -0.15) is 5.10 Å². The lowest BCUT2D eigenvalue weighted by Crippen LogP contribution is -2.32. The molecular weight excluding hydrogens is 346 g/mol. The van der Waals surface area contributed by atoms with Crippen LogP contribution in [0.15, 0.2) is 41.5 Å². The summed E-state index contributed by atoms with van der Waals surface area (Å²) in [6, 6.07) is 9.42. The second-order valence-corrected chi connectivity index (χ2v) is 5.45. The van der Waals surface area contributed by atoms with Crippen molar-refractivity contribution in [3.63, 3.8) is 0 Å². The number of amides is 2. The highest BCUT2D eigenvalue weighted by Crippen LogP contribution is 2.21. The second kappa shape index (κ2) is 8.16. The first-order chi connectivity index (χ1) is 11.9. The molecule has 2 aromatic rings. The van der Waals surface area contributed by atoms with E-state index in [1.807, 2.05) is 6.92 Å². The number of nitrogens with zero attached hydrogens (tertiary/aromatic N) is 1. The molecule has 2 aromatic carbocycles. The molecule has 0 atom stereocenters. The summed E-state index contributed by atoms with van der Waals surface area (Å²) < 4.78 is 5.02. The van der Waals surface area contributed by atoms with Gasteiger partial charge in [-0.3, -0.25) is 9.59 Å². The van der Waals surface area contributed by atoms with Crippen molar-refractivity contribution in [3.05, 3.63) is 52.5 Å². The molecule has 8 heteroatoms. The monoisotopic (exact) mass is 361 g/mol. The van der Waals surface area contributed by atoms with E-state index in [4.69, 9.17) is 16.3 Å². The summed E-state index contributed by atoms with van der Waals surface area (Å²) in [6.45, 7) is 1.82. The second-order valence-electron chi connectivity index (χ2n) is 5.04. The van der Waals surface area contributed by atoms with Gasteiger partial charge in [0.05, 0.1) is 13.3 Å². The number of nitrogens with one attached hydrogen (secondary N) is 2. The first kappa shape index (κ1) is 18.3. The number of phenols is 1. The zero-order chi connectivity index (χ0) is 18.4. The van der Waals surface area contributed by atoms with Crippen LogP contribution in [0.2, 0.25) is 5.02 Å². The van der Waals surface area contributed by atoms with Crippen molar-refractivity contribution in [2.24, 2.45) is 5.10 Å². The molecule has 0 fully saturated rings. The Balaban J connectivity index is 1.97. The summed E-state index contributed by atoms with van der Waals surface area (Å²) >= 11 is 5.96. The number of benzene rings is 2. The molecular formula is C17H16ClN3O4. The fourth-order valence-electron chi connectivity index (χ4n) is 1.83. The summed E-state index contributed by atoms with van der Waals surface area (Å²) in [5.41, 5.74) is 3.65. The van der Waals surface area contributed by atoms with Crippen LogP contribution in [0.1, 0.15) is 11.1 Å². The third-order valence-corrected chi connectivity index (χ3v) is 3.65. The maximum Gasteiger partial charge on any atom is 0.329 e. The standard InChI is InChI=1S/C17H16ClN3O4/c1-10-3-4-12(8-14(10)18)20-16(23)17(24)21-19-9-11-7-13(25-2)5-6-15(11)22/h3-9,22H,1-2H3,(H,20,23)(H,21,24)/b19-9+. The molecule has 0 aliphatic carbocycles. The van der Waals surface area contributed by atoms with Gasteiger partial charge in [-0.1, -0.05) is 17.7 Å². The van der Waals surface area contributed by atoms with Crippen LogP contribution in [-0.2, 0) is 9.59 Å². The number of hydrogen-bond acceptors (Lipinski definition) is 5. The fourth-order valence-corrected chi connectivity index (χ4v) is 2.01. The van der Waals surface area contributed by atoms with E-state index in [0.717, 1.165) is 5.56 Å². The van der Waals surface area contributed by atoms with Crippen LogP contribution in [0.25, 0.3) is 0 Å². The van der Waals surface area contributed by atoms with Gasteiger partial charge in [0.25, 0.3) is 0 Å². The number of methoxy groups -OCH3 is 1. The van der Waals surface area contributed by atoms with Gasteiger partial charge < -0.3 is 15.2 Å². The summed E-state index contributed by atoms with van der Waals surface area (Å²) in [4.78, 5) is 23.5. The number of carbonyl (C=O) groups is 2. The predicted octanol–water partition coefficient (Wildman–Crippen LogP) is 2.45. The molecule has 2 amide bonds. The van der Waals surface area contributed by atoms with Gasteiger partial charge in [-0.05, 0) is 42.8 Å². The van der Waals surface area contributed by atoms with Crippen molar-refractivity contribution in [2.45, 2.75) is 6.92 Å². The topological polar surface area (TPSA) is 100 Å². The number of anilines is 1. The number of ether oxygens (including phenoxy) is 1. The minimum absolute atomic E-state index is 0.0439. The number of phenolic OH excluding ortho intramolecular Hbond substituents is 1. The van der Waals surface area contributed by atoms with E-state index in [1.165, 1.54) is 25.5 Å². The molecule has 0 saturated carbocycles. The molecule has 0 aliphatic rings. The third-order valence-electron chi connectivity index (χ3n) is 3.24. The van der Waals surface area contributed by atoms with Gasteiger partial charge in [-0.25, -0.2) is 5.43 Å². The van der Waals surface area contributed by atoms with E-state index >= 15 is 0 Å². The molecule has 2 rings (SSSR count). The van der Waals surface area contributed by atoms with E-state index in [9.17, 15) is 14.7 Å². The summed E-state index contributed by atoms with van der Waals surface area (Å²) in [5.74, 6) is -1.39. The highest BCUT2D eigenvalue weighted by Gasteiger charge is 2.13. The van der Waals surface area contributed by atoms with E-state index in [-0.39, 0.29) is 5.75 Å². The Morgan fingerprint density at radius 2 is 1.96 bits per heavy atom. The average Bonchev–Trinajstić information content (AvgIpc) is 2.59. The number of aryl methyl sites for hydroxylation is 1. The van der Waals surface area contributed by atoms with Crippen LogP contribution < -0.4 is 15.5 Å². The number of halogens is 1.